The smallest absolute Gasteiger partial charge is 0.340 e. The zero-order chi connectivity index (χ0) is 21.4. The van der Waals surface area contributed by atoms with Gasteiger partial charge in [0.15, 0.2) is 11.5 Å². The average molecular weight is 413 g/mol. The van der Waals surface area contributed by atoms with Gasteiger partial charge in [0.2, 0.25) is 6.79 Å². The topological polar surface area (TPSA) is 66.9 Å². The Morgan fingerprint density at radius 3 is 2.42 bits per heavy atom. The van der Waals surface area contributed by atoms with Gasteiger partial charge in [-0.05, 0) is 48.0 Å². The number of aromatic nitrogens is 1. The zero-order valence-corrected chi connectivity index (χ0v) is 17.0. The van der Waals surface area contributed by atoms with E-state index in [2.05, 4.69) is 0 Å². The molecule has 0 saturated heterocycles. The van der Waals surface area contributed by atoms with Gasteiger partial charge in [0.05, 0.1) is 31.0 Å². The number of para-hydroxylation sites is 1. The molecular formula is C25H19NO5. The number of pyridine rings is 1. The van der Waals surface area contributed by atoms with Gasteiger partial charge < -0.3 is 18.9 Å². The Morgan fingerprint density at radius 1 is 0.903 bits per heavy atom. The van der Waals surface area contributed by atoms with Gasteiger partial charge in [-0.25, -0.2) is 9.78 Å². The third-order valence-corrected chi connectivity index (χ3v) is 5.31. The minimum Gasteiger partial charge on any atom is -0.497 e. The van der Waals surface area contributed by atoms with Crippen LogP contribution in [0.25, 0.3) is 33.3 Å². The largest absolute Gasteiger partial charge is 0.497 e. The molecule has 1 aliphatic rings. The Labute approximate surface area is 179 Å². The first kappa shape index (κ1) is 18.9. The lowest BCUT2D eigenvalue weighted by atomic mass is 9.91. The van der Waals surface area contributed by atoms with Crippen molar-refractivity contribution in [1.29, 1.82) is 0 Å². The summed E-state index contributed by atoms with van der Waals surface area (Å²) in [5.41, 5.74) is 4.05. The first-order chi connectivity index (χ1) is 15.2. The number of ether oxygens (including phenoxy) is 4. The Bertz CT molecular complexity index is 1300. The van der Waals surface area contributed by atoms with Gasteiger partial charge in [0.1, 0.15) is 5.75 Å². The van der Waals surface area contributed by atoms with Crippen LogP contribution in [-0.2, 0) is 4.74 Å². The first-order valence-corrected chi connectivity index (χ1v) is 9.75. The number of carbonyl (C=O) groups is 1. The number of benzene rings is 3. The van der Waals surface area contributed by atoms with Crippen LogP contribution in [0.4, 0.5) is 0 Å². The number of hydrogen-bond donors (Lipinski definition) is 0. The highest BCUT2D eigenvalue weighted by molar-refractivity contribution is 6.11. The quantitative estimate of drug-likeness (QED) is 0.434. The van der Waals surface area contributed by atoms with Crippen molar-refractivity contribution < 1.29 is 23.7 Å². The summed E-state index contributed by atoms with van der Waals surface area (Å²) < 4.78 is 21.5. The molecule has 0 spiro atoms. The van der Waals surface area contributed by atoms with E-state index in [1.54, 1.807) is 7.11 Å². The second-order valence-corrected chi connectivity index (χ2v) is 7.02. The maximum atomic E-state index is 13.1. The number of nitrogens with zero attached hydrogens (tertiary/aromatic N) is 1. The number of rotatable bonds is 4. The highest BCUT2D eigenvalue weighted by Gasteiger charge is 2.25. The fourth-order valence-electron chi connectivity index (χ4n) is 3.82. The summed E-state index contributed by atoms with van der Waals surface area (Å²) in [5, 5.41) is 0.846. The predicted molar refractivity (Wildman–Crippen MR) is 117 cm³/mol. The molecule has 2 heterocycles. The lowest BCUT2D eigenvalue weighted by Crippen LogP contribution is -2.09. The summed E-state index contributed by atoms with van der Waals surface area (Å²) in [6, 6.07) is 20.8. The monoisotopic (exact) mass is 413 g/mol. The van der Waals surface area contributed by atoms with Crippen molar-refractivity contribution in [2.75, 3.05) is 21.0 Å². The Kier molecular flexibility index (Phi) is 4.67. The molecular weight excluding hydrogens is 394 g/mol. The normalized spacial score (nSPS) is 12.1. The van der Waals surface area contributed by atoms with E-state index in [0.29, 0.717) is 22.8 Å². The van der Waals surface area contributed by atoms with Gasteiger partial charge in [0.25, 0.3) is 0 Å². The van der Waals surface area contributed by atoms with Crippen molar-refractivity contribution in [2.24, 2.45) is 0 Å². The third-order valence-electron chi connectivity index (χ3n) is 5.31. The van der Waals surface area contributed by atoms with Crippen LogP contribution in [-0.4, -0.2) is 32.0 Å². The lowest BCUT2D eigenvalue weighted by molar-refractivity contribution is 0.0602. The molecule has 6 heteroatoms. The van der Waals surface area contributed by atoms with E-state index in [1.165, 1.54) is 7.11 Å². The van der Waals surface area contributed by atoms with E-state index < -0.39 is 5.97 Å². The minimum absolute atomic E-state index is 0.177. The fraction of sp³-hybridized carbons (Fsp3) is 0.120. The van der Waals surface area contributed by atoms with E-state index >= 15 is 0 Å². The highest BCUT2D eigenvalue weighted by atomic mass is 16.7. The lowest BCUT2D eigenvalue weighted by Gasteiger charge is -2.17. The number of esters is 1. The Balaban J connectivity index is 1.84. The minimum atomic E-state index is -0.461. The number of fused-ring (bicyclic) bond motifs is 2. The summed E-state index contributed by atoms with van der Waals surface area (Å²) in [6.45, 7) is 0.177. The zero-order valence-electron chi connectivity index (χ0n) is 17.0. The SMILES string of the molecule is COC(=O)c1c(-c2ccc(OC)cc2)nc2ccccc2c1-c1ccc2c(c1)OCO2. The molecule has 0 atom stereocenters. The van der Waals surface area contributed by atoms with E-state index in [9.17, 15) is 4.79 Å². The van der Waals surface area contributed by atoms with Crippen LogP contribution in [0.5, 0.6) is 17.2 Å². The number of methoxy groups -OCH3 is 2. The molecule has 1 aliphatic heterocycles. The van der Waals surface area contributed by atoms with Gasteiger partial charge in [-0.15, -0.1) is 0 Å². The Morgan fingerprint density at radius 2 is 1.65 bits per heavy atom. The second-order valence-electron chi connectivity index (χ2n) is 7.02. The molecule has 0 fully saturated rings. The van der Waals surface area contributed by atoms with Crippen molar-refractivity contribution in [3.05, 3.63) is 72.3 Å². The predicted octanol–water partition coefficient (Wildman–Crippen LogP) is 5.09. The van der Waals surface area contributed by atoms with Crippen LogP contribution in [0.3, 0.4) is 0 Å². The van der Waals surface area contributed by atoms with Crippen LogP contribution in [0.2, 0.25) is 0 Å². The molecule has 0 N–H and O–H groups in total. The number of hydrogen-bond acceptors (Lipinski definition) is 6. The van der Waals surface area contributed by atoms with Gasteiger partial charge in [-0.1, -0.05) is 24.3 Å². The molecule has 4 aromatic rings. The third kappa shape index (κ3) is 3.22. The standard InChI is InChI=1S/C25H19NO5/c1-28-17-10-7-15(8-11-17)24-23(25(27)29-2)22(18-5-3-4-6-19(18)26-24)16-9-12-20-21(13-16)31-14-30-20/h3-13H,14H2,1-2H3. The van der Waals surface area contributed by atoms with E-state index in [4.69, 9.17) is 23.9 Å². The highest BCUT2D eigenvalue weighted by Crippen LogP contribution is 2.42. The van der Waals surface area contributed by atoms with Crippen molar-refractivity contribution >= 4 is 16.9 Å². The molecule has 0 saturated carbocycles. The molecule has 154 valence electrons. The van der Waals surface area contributed by atoms with Crippen LogP contribution in [0, 0.1) is 0 Å². The molecule has 0 aliphatic carbocycles. The van der Waals surface area contributed by atoms with E-state index in [0.717, 1.165) is 33.3 Å². The second kappa shape index (κ2) is 7.65. The first-order valence-electron chi connectivity index (χ1n) is 9.75. The summed E-state index contributed by atoms with van der Waals surface area (Å²) in [7, 11) is 2.99. The van der Waals surface area contributed by atoms with Gasteiger partial charge >= 0.3 is 5.97 Å². The average Bonchev–Trinajstić information content (AvgIpc) is 3.30. The van der Waals surface area contributed by atoms with Gasteiger partial charge in [-0.2, -0.15) is 0 Å². The molecule has 5 rings (SSSR count). The van der Waals surface area contributed by atoms with Gasteiger partial charge in [-0.3, -0.25) is 0 Å². The maximum Gasteiger partial charge on any atom is 0.340 e. The van der Waals surface area contributed by atoms with E-state index in [1.807, 2.05) is 66.7 Å². The molecule has 6 nitrogen and oxygen atoms in total. The molecule has 31 heavy (non-hydrogen) atoms. The number of carbonyl (C=O) groups excluding carboxylic acids is 1. The molecule has 1 aromatic heterocycles. The molecule has 0 bridgehead atoms. The fourth-order valence-corrected chi connectivity index (χ4v) is 3.82. The summed E-state index contributed by atoms with van der Waals surface area (Å²) >= 11 is 0. The Hall–Kier alpha value is -4.06. The molecule has 0 radical (unpaired) electrons. The van der Waals surface area contributed by atoms with Crippen molar-refractivity contribution in [1.82, 2.24) is 4.98 Å². The van der Waals surface area contributed by atoms with E-state index in [-0.39, 0.29) is 6.79 Å². The molecule has 0 unspecified atom stereocenters. The summed E-state index contributed by atoms with van der Waals surface area (Å²) in [4.78, 5) is 17.9. The summed E-state index contributed by atoms with van der Waals surface area (Å²) in [6.07, 6.45) is 0. The molecule has 0 amide bonds. The van der Waals surface area contributed by atoms with Crippen LogP contribution < -0.4 is 14.2 Å². The molecule has 3 aromatic carbocycles. The van der Waals surface area contributed by atoms with Crippen molar-refractivity contribution in [3.8, 4) is 39.6 Å². The van der Waals surface area contributed by atoms with Crippen molar-refractivity contribution in [3.63, 3.8) is 0 Å². The van der Waals surface area contributed by atoms with Gasteiger partial charge in [0, 0.05) is 16.5 Å². The van der Waals surface area contributed by atoms with Crippen molar-refractivity contribution in [2.45, 2.75) is 0 Å². The maximum absolute atomic E-state index is 13.1. The van der Waals surface area contributed by atoms with Crippen LogP contribution in [0.15, 0.2) is 66.7 Å². The van der Waals surface area contributed by atoms with Crippen LogP contribution in [0.1, 0.15) is 10.4 Å². The summed E-state index contributed by atoms with van der Waals surface area (Å²) in [5.74, 6) is 1.58. The van der Waals surface area contributed by atoms with Crippen LogP contribution >= 0.6 is 0 Å².